The molecule has 3 fully saturated rings. The molecule has 2 heterocycles. The molecule has 1 unspecified atom stereocenters. The molecule has 0 spiro atoms. The van der Waals surface area contributed by atoms with Gasteiger partial charge in [-0.3, -0.25) is 9.59 Å². The monoisotopic (exact) mass is 208 g/mol. The summed E-state index contributed by atoms with van der Waals surface area (Å²) in [7, 11) is 0. The molecule has 1 aliphatic carbocycles. The van der Waals surface area contributed by atoms with Gasteiger partial charge in [-0.05, 0) is 32.6 Å². The quantitative estimate of drug-likeness (QED) is 0.624. The molecule has 3 aliphatic rings. The van der Waals surface area contributed by atoms with Crippen LogP contribution in [0, 0.1) is 0 Å². The van der Waals surface area contributed by atoms with E-state index in [9.17, 15) is 9.59 Å². The van der Waals surface area contributed by atoms with Gasteiger partial charge in [0.05, 0.1) is 0 Å². The number of rotatable bonds is 1. The molecule has 0 aromatic heterocycles. The summed E-state index contributed by atoms with van der Waals surface area (Å²) in [6, 6.07) is -0.135. The summed E-state index contributed by atoms with van der Waals surface area (Å²) in [4.78, 5) is 27.6. The van der Waals surface area contributed by atoms with Crippen molar-refractivity contribution in [3.8, 4) is 0 Å². The van der Waals surface area contributed by atoms with Crippen LogP contribution in [-0.2, 0) is 9.59 Å². The first-order valence-corrected chi connectivity index (χ1v) is 5.73. The van der Waals surface area contributed by atoms with Gasteiger partial charge in [0.25, 0.3) is 0 Å². The Bertz CT molecular complexity index is 335. The minimum Gasteiger partial charge on any atom is -0.329 e. The van der Waals surface area contributed by atoms with Crippen LogP contribution in [0.15, 0.2) is 0 Å². The van der Waals surface area contributed by atoms with E-state index in [2.05, 4.69) is 6.92 Å². The maximum Gasteiger partial charge on any atom is 0.246 e. The lowest BCUT2D eigenvalue weighted by atomic mass is 10.1. The van der Waals surface area contributed by atoms with Crippen LogP contribution in [0.5, 0.6) is 0 Å². The third-order valence-corrected chi connectivity index (χ3v) is 4.04. The van der Waals surface area contributed by atoms with Crippen molar-refractivity contribution in [2.75, 3.05) is 13.1 Å². The average molecular weight is 208 g/mol. The molecule has 2 saturated heterocycles. The molecule has 3 rings (SSSR count). The van der Waals surface area contributed by atoms with Gasteiger partial charge in [0.15, 0.2) is 0 Å². The minimum absolute atomic E-state index is 0.00141. The van der Waals surface area contributed by atoms with E-state index in [1.165, 1.54) is 0 Å². The van der Waals surface area contributed by atoms with Gasteiger partial charge in [-0.25, -0.2) is 0 Å². The van der Waals surface area contributed by atoms with E-state index < -0.39 is 0 Å². The molecule has 2 amide bonds. The first-order valence-electron chi connectivity index (χ1n) is 5.73. The molecule has 0 N–H and O–H groups in total. The van der Waals surface area contributed by atoms with Crippen LogP contribution in [0.4, 0.5) is 0 Å². The van der Waals surface area contributed by atoms with Crippen molar-refractivity contribution in [2.45, 2.75) is 44.2 Å². The van der Waals surface area contributed by atoms with Gasteiger partial charge in [0, 0.05) is 12.1 Å². The van der Waals surface area contributed by atoms with Gasteiger partial charge in [-0.15, -0.1) is 0 Å². The van der Waals surface area contributed by atoms with E-state index in [-0.39, 0.29) is 23.4 Å². The van der Waals surface area contributed by atoms with Gasteiger partial charge in [-0.2, -0.15) is 0 Å². The summed E-state index contributed by atoms with van der Waals surface area (Å²) in [6.45, 7) is 3.18. The van der Waals surface area contributed by atoms with Crippen molar-refractivity contribution in [1.29, 1.82) is 0 Å². The average Bonchev–Trinajstić information content (AvgIpc) is 2.79. The van der Waals surface area contributed by atoms with Crippen LogP contribution in [-0.4, -0.2) is 46.3 Å². The largest absolute Gasteiger partial charge is 0.329 e. The number of hydrogen-bond donors (Lipinski definition) is 0. The van der Waals surface area contributed by atoms with Crippen LogP contribution in [0.3, 0.4) is 0 Å². The number of carbonyl (C=O) groups excluding carboxylic acids is 2. The summed E-state index contributed by atoms with van der Waals surface area (Å²) < 4.78 is 0. The van der Waals surface area contributed by atoms with Crippen molar-refractivity contribution in [2.24, 2.45) is 0 Å². The maximum atomic E-state index is 12.2. The molecule has 15 heavy (non-hydrogen) atoms. The lowest BCUT2D eigenvalue weighted by Gasteiger charge is -2.39. The highest BCUT2D eigenvalue weighted by Crippen LogP contribution is 2.43. The number of piperazine rings is 1. The summed E-state index contributed by atoms with van der Waals surface area (Å²) >= 11 is 0. The van der Waals surface area contributed by atoms with E-state index in [4.69, 9.17) is 0 Å². The summed E-state index contributed by atoms with van der Waals surface area (Å²) in [6.07, 6.45) is 3.95. The molecule has 0 radical (unpaired) electrons. The van der Waals surface area contributed by atoms with E-state index >= 15 is 0 Å². The Morgan fingerprint density at radius 1 is 1.33 bits per heavy atom. The third kappa shape index (κ3) is 1.20. The van der Waals surface area contributed by atoms with Gasteiger partial charge in [0.2, 0.25) is 11.8 Å². The van der Waals surface area contributed by atoms with Crippen molar-refractivity contribution in [1.82, 2.24) is 9.80 Å². The standard InChI is InChI=1S/C11H16N2O2/c1-11(4-5-11)13-7-9(14)12-6-2-3-8(12)10(13)15/h8H,2-7H2,1H3. The van der Waals surface area contributed by atoms with Crippen LogP contribution in [0.2, 0.25) is 0 Å². The SMILES string of the molecule is CC1(N2CC(=O)N3CCCC3C2=O)CC1. The fourth-order valence-electron chi connectivity index (χ4n) is 2.71. The third-order valence-electron chi connectivity index (χ3n) is 4.04. The highest BCUT2D eigenvalue weighted by atomic mass is 16.2. The Hall–Kier alpha value is -1.06. The molecule has 2 aliphatic heterocycles. The van der Waals surface area contributed by atoms with Crippen LogP contribution >= 0.6 is 0 Å². The van der Waals surface area contributed by atoms with Gasteiger partial charge in [-0.1, -0.05) is 0 Å². The van der Waals surface area contributed by atoms with Gasteiger partial charge < -0.3 is 9.80 Å². The molecule has 4 nitrogen and oxygen atoms in total. The topological polar surface area (TPSA) is 40.6 Å². The number of fused-ring (bicyclic) bond motifs is 1. The second-order valence-corrected chi connectivity index (χ2v) is 5.17. The Labute approximate surface area is 89.2 Å². The van der Waals surface area contributed by atoms with Crippen molar-refractivity contribution in [3.05, 3.63) is 0 Å². The zero-order valence-electron chi connectivity index (χ0n) is 9.03. The fraction of sp³-hybridized carbons (Fsp3) is 0.818. The lowest BCUT2D eigenvalue weighted by Crippen LogP contribution is -2.60. The highest BCUT2D eigenvalue weighted by Gasteiger charge is 2.52. The van der Waals surface area contributed by atoms with Gasteiger partial charge >= 0.3 is 0 Å². The molecule has 0 bridgehead atoms. The van der Waals surface area contributed by atoms with Crippen molar-refractivity contribution < 1.29 is 9.59 Å². The smallest absolute Gasteiger partial charge is 0.246 e. The Kier molecular flexibility index (Phi) is 1.68. The highest BCUT2D eigenvalue weighted by molar-refractivity contribution is 5.96. The van der Waals surface area contributed by atoms with Crippen molar-refractivity contribution >= 4 is 11.8 Å². The van der Waals surface area contributed by atoms with E-state index in [0.717, 1.165) is 32.2 Å². The van der Waals surface area contributed by atoms with Crippen molar-refractivity contribution in [3.63, 3.8) is 0 Å². The number of nitrogens with zero attached hydrogens (tertiary/aromatic N) is 2. The van der Waals surface area contributed by atoms with E-state index in [0.29, 0.717) is 6.54 Å². The molecular weight excluding hydrogens is 192 g/mol. The number of hydrogen-bond acceptors (Lipinski definition) is 2. The first-order chi connectivity index (χ1) is 7.12. The van der Waals surface area contributed by atoms with Crippen LogP contribution in [0.25, 0.3) is 0 Å². The van der Waals surface area contributed by atoms with Crippen LogP contribution < -0.4 is 0 Å². The number of carbonyl (C=O) groups is 2. The predicted octanol–water partition coefficient (Wildman–Crippen LogP) is 0.372. The summed E-state index contributed by atoms with van der Waals surface area (Å²) in [5.41, 5.74) is 0.00141. The van der Waals surface area contributed by atoms with Crippen LogP contribution in [0.1, 0.15) is 32.6 Å². The molecule has 0 aromatic carbocycles. The maximum absolute atomic E-state index is 12.2. The molecule has 1 atom stereocenters. The zero-order valence-corrected chi connectivity index (χ0v) is 9.03. The predicted molar refractivity (Wildman–Crippen MR) is 54.1 cm³/mol. The lowest BCUT2D eigenvalue weighted by molar-refractivity contribution is -0.156. The fourth-order valence-corrected chi connectivity index (χ4v) is 2.71. The van der Waals surface area contributed by atoms with Gasteiger partial charge in [0.1, 0.15) is 12.6 Å². The van der Waals surface area contributed by atoms with E-state index in [1.807, 2.05) is 4.90 Å². The molecular formula is C11H16N2O2. The van der Waals surface area contributed by atoms with E-state index in [1.54, 1.807) is 4.90 Å². The summed E-state index contributed by atoms with van der Waals surface area (Å²) in [5.74, 6) is 0.331. The Balaban J connectivity index is 1.88. The zero-order chi connectivity index (χ0) is 10.6. The Morgan fingerprint density at radius 3 is 2.73 bits per heavy atom. The summed E-state index contributed by atoms with van der Waals surface area (Å²) in [5, 5.41) is 0. The normalized spacial score (nSPS) is 33.3. The molecule has 0 aromatic rings. The molecule has 1 saturated carbocycles. The second-order valence-electron chi connectivity index (χ2n) is 5.17. The Morgan fingerprint density at radius 2 is 2.07 bits per heavy atom. The number of amides is 2. The molecule has 4 heteroatoms. The molecule has 82 valence electrons. The minimum atomic E-state index is -0.135. The second kappa shape index (κ2) is 2.74. The first kappa shape index (κ1) is 9.19.